The number of carboxylic acids is 3. The first-order valence-corrected chi connectivity index (χ1v) is 17.2. The van der Waals surface area contributed by atoms with Gasteiger partial charge in [0, 0.05) is 19.3 Å². The zero-order chi connectivity index (χ0) is 38.0. The van der Waals surface area contributed by atoms with E-state index in [2.05, 4.69) is 12.2 Å². The third-order valence-electron chi connectivity index (χ3n) is 8.61. The van der Waals surface area contributed by atoms with Gasteiger partial charge in [-0.15, -0.1) is 0 Å². The third-order valence-corrected chi connectivity index (χ3v) is 8.61. The fourth-order valence-electron chi connectivity index (χ4n) is 5.62. The van der Waals surface area contributed by atoms with E-state index >= 15 is 0 Å². The summed E-state index contributed by atoms with van der Waals surface area (Å²) in [5, 5.41) is 42.1. The molecule has 3 atom stereocenters. The lowest BCUT2D eigenvalue weighted by Gasteiger charge is -2.29. The number of hydrogen-bond donors (Lipinski definition) is 5. The second-order valence-electron chi connectivity index (χ2n) is 12.7. The van der Waals surface area contributed by atoms with E-state index in [4.69, 9.17) is 0 Å². The number of allylic oxidation sites excluding steroid dienone is 1. The van der Waals surface area contributed by atoms with E-state index < -0.39 is 59.5 Å². The van der Waals surface area contributed by atoms with E-state index in [1.54, 1.807) is 12.1 Å². The van der Waals surface area contributed by atoms with Crippen LogP contribution in [0.1, 0.15) is 102 Å². The van der Waals surface area contributed by atoms with Crippen LogP contribution in [0.4, 0.5) is 13.2 Å². The molecular formula is C38H48F3NO9. The Kier molecular flexibility index (Phi) is 17.5. The molecule has 51 heavy (non-hydrogen) atoms. The summed E-state index contributed by atoms with van der Waals surface area (Å²) < 4.78 is 38.7. The minimum atomic E-state index is -4.49. The number of amides is 1. The largest absolute Gasteiger partial charge is 0.481 e. The Labute approximate surface area is 295 Å². The van der Waals surface area contributed by atoms with Gasteiger partial charge in [-0.1, -0.05) is 94.0 Å². The molecule has 280 valence electrons. The molecule has 3 unspecified atom stereocenters. The fraction of sp³-hybridized carbons (Fsp3) is 0.500. The number of halogens is 3. The van der Waals surface area contributed by atoms with Crippen LogP contribution < -0.4 is 5.32 Å². The summed E-state index contributed by atoms with van der Waals surface area (Å²) in [5.41, 5.74) is -2.45. The van der Waals surface area contributed by atoms with E-state index in [9.17, 15) is 57.6 Å². The predicted molar refractivity (Wildman–Crippen MR) is 184 cm³/mol. The molecule has 2 aromatic carbocycles. The van der Waals surface area contributed by atoms with E-state index in [0.29, 0.717) is 42.4 Å². The average molecular weight is 720 g/mol. The molecule has 13 heteroatoms. The van der Waals surface area contributed by atoms with Crippen molar-refractivity contribution in [2.45, 2.75) is 115 Å². The smallest absolute Gasteiger partial charge is 0.416 e. The summed E-state index contributed by atoms with van der Waals surface area (Å²) in [4.78, 5) is 61.1. The number of unbranched alkanes of at least 4 members (excludes halogenated alkanes) is 8. The van der Waals surface area contributed by atoms with E-state index in [1.807, 2.05) is 0 Å². The van der Waals surface area contributed by atoms with Crippen LogP contribution in [0.15, 0.2) is 60.7 Å². The van der Waals surface area contributed by atoms with Crippen LogP contribution in [0.5, 0.6) is 0 Å². The van der Waals surface area contributed by atoms with Gasteiger partial charge >= 0.3 is 24.1 Å². The van der Waals surface area contributed by atoms with Gasteiger partial charge in [-0.05, 0) is 54.5 Å². The summed E-state index contributed by atoms with van der Waals surface area (Å²) in [6.45, 7) is 2.13. The molecular weight excluding hydrogens is 671 g/mol. The number of hydrogen-bond acceptors (Lipinski definition) is 6. The molecule has 0 heterocycles. The molecule has 2 rings (SSSR count). The van der Waals surface area contributed by atoms with E-state index in [-0.39, 0.29) is 12.2 Å². The Balaban J connectivity index is 2.05. The normalized spacial score (nSPS) is 14.1. The molecule has 0 aliphatic carbocycles. The summed E-state index contributed by atoms with van der Waals surface area (Å²) >= 11 is 0. The average Bonchev–Trinajstić information content (AvgIpc) is 3.06. The van der Waals surface area contributed by atoms with Crippen LogP contribution in [-0.2, 0) is 36.6 Å². The molecule has 0 fully saturated rings. The summed E-state index contributed by atoms with van der Waals surface area (Å²) in [6.07, 6.45) is 6.11. The zero-order valence-corrected chi connectivity index (χ0v) is 28.8. The van der Waals surface area contributed by atoms with Crippen LogP contribution in [-0.4, -0.2) is 61.7 Å². The SMILES string of the molecule is CCCCCCCC(=O)CCCCCC/C=C/C(C(=O)NC(Cc1ccc(-c2ccc(C(F)(F)F)cc2)cc1)C(=O)O)C(O)(CC(=O)O)C(=O)O. The molecule has 2 aromatic rings. The summed E-state index contributed by atoms with van der Waals surface area (Å²) in [5.74, 6) is -8.07. The number of alkyl halides is 3. The molecule has 0 bridgehead atoms. The highest BCUT2D eigenvalue weighted by Crippen LogP contribution is 2.31. The van der Waals surface area contributed by atoms with Crippen molar-refractivity contribution < 1.29 is 57.6 Å². The van der Waals surface area contributed by atoms with Gasteiger partial charge in [0.25, 0.3) is 0 Å². The standard InChI is InChI=1S/C38H48F3NO9/c1-2-3-4-7-10-13-30(43)14-11-8-5-6-9-12-15-31(37(51,36(49)50)25-33(44)45)34(46)42-32(35(47)48)24-26-16-18-27(19-17-26)28-20-22-29(23-21-28)38(39,40)41/h12,15-23,31-32,51H,2-11,13-14,24-25H2,1H3,(H,42,46)(H,44,45)(H,47,48)(H,49,50)/b15-12+. The first-order chi connectivity index (χ1) is 24.1. The van der Waals surface area contributed by atoms with Gasteiger partial charge < -0.3 is 25.7 Å². The van der Waals surface area contributed by atoms with Crippen LogP contribution >= 0.6 is 0 Å². The van der Waals surface area contributed by atoms with Gasteiger partial charge in [0.05, 0.1) is 17.9 Å². The molecule has 0 radical (unpaired) electrons. The molecule has 0 aliphatic rings. The lowest BCUT2D eigenvalue weighted by molar-refractivity contribution is -0.172. The number of carbonyl (C=O) groups excluding carboxylic acids is 2. The Hall–Kier alpha value is -4.52. The van der Waals surface area contributed by atoms with Crippen molar-refractivity contribution in [3.63, 3.8) is 0 Å². The predicted octanol–water partition coefficient (Wildman–Crippen LogP) is 7.22. The number of carboxylic acid groups (broad SMARTS) is 3. The van der Waals surface area contributed by atoms with Gasteiger partial charge in [-0.25, -0.2) is 9.59 Å². The molecule has 0 saturated carbocycles. The summed E-state index contributed by atoms with van der Waals surface area (Å²) in [6, 6.07) is 9.04. The Morgan fingerprint density at radius 1 is 0.765 bits per heavy atom. The van der Waals surface area contributed by atoms with Crippen molar-refractivity contribution in [2.24, 2.45) is 5.92 Å². The van der Waals surface area contributed by atoms with Gasteiger partial charge in [-0.2, -0.15) is 13.2 Å². The molecule has 5 N–H and O–H groups in total. The maximum absolute atomic E-state index is 13.4. The maximum atomic E-state index is 13.4. The highest BCUT2D eigenvalue weighted by molar-refractivity contribution is 5.94. The first-order valence-electron chi connectivity index (χ1n) is 17.2. The minimum Gasteiger partial charge on any atom is -0.481 e. The third kappa shape index (κ3) is 14.7. The van der Waals surface area contributed by atoms with Gasteiger partial charge in [0.15, 0.2) is 5.60 Å². The highest BCUT2D eigenvalue weighted by Gasteiger charge is 2.49. The van der Waals surface area contributed by atoms with Crippen LogP contribution in [0.25, 0.3) is 11.1 Å². The molecule has 0 aromatic heterocycles. The lowest BCUT2D eigenvalue weighted by Crippen LogP contribution is -2.55. The molecule has 10 nitrogen and oxygen atoms in total. The Morgan fingerprint density at radius 3 is 1.78 bits per heavy atom. The number of Topliss-reactive ketones (excluding diaryl/α,β-unsaturated/α-hetero) is 1. The van der Waals surface area contributed by atoms with Crippen LogP contribution in [0.2, 0.25) is 0 Å². The molecule has 0 spiro atoms. The van der Waals surface area contributed by atoms with Gasteiger partial charge in [0.2, 0.25) is 5.91 Å². The number of nitrogens with one attached hydrogen (secondary N) is 1. The quantitative estimate of drug-likeness (QED) is 0.0554. The van der Waals surface area contributed by atoms with Crippen molar-refractivity contribution >= 4 is 29.6 Å². The number of aliphatic hydroxyl groups is 1. The topological polar surface area (TPSA) is 178 Å². The van der Waals surface area contributed by atoms with Crippen molar-refractivity contribution in [3.05, 3.63) is 71.8 Å². The Bertz CT molecular complexity index is 1470. The van der Waals surface area contributed by atoms with E-state index in [1.165, 1.54) is 36.8 Å². The zero-order valence-electron chi connectivity index (χ0n) is 28.8. The number of rotatable bonds is 24. The fourth-order valence-corrected chi connectivity index (χ4v) is 5.62. The van der Waals surface area contributed by atoms with Crippen molar-refractivity contribution in [1.82, 2.24) is 5.32 Å². The maximum Gasteiger partial charge on any atom is 0.416 e. The second-order valence-corrected chi connectivity index (χ2v) is 12.7. The number of aliphatic carboxylic acids is 3. The Morgan fingerprint density at radius 2 is 1.29 bits per heavy atom. The molecule has 0 aliphatic heterocycles. The van der Waals surface area contributed by atoms with Crippen molar-refractivity contribution in [3.8, 4) is 11.1 Å². The monoisotopic (exact) mass is 719 g/mol. The molecule has 1 amide bonds. The minimum absolute atomic E-state index is 0.237. The summed E-state index contributed by atoms with van der Waals surface area (Å²) in [7, 11) is 0. The van der Waals surface area contributed by atoms with E-state index in [0.717, 1.165) is 63.2 Å². The number of carbonyl (C=O) groups is 5. The number of benzene rings is 2. The molecule has 0 saturated heterocycles. The van der Waals surface area contributed by atoms with Crippen molar-refractivity contribution in [1.29, 1.82) is 0 Å². The lowest BCUT2D eigenvalue weighted by atomic mass is 9.82. The van der Waals surface area contributed by atoms with Gasteiger partial charge in [0.1, 0.15) is 11.8 Å². The van der Waals surface area contributed by atoms with Crippen LogP contribution in [0, 0.1) is 5.92 Å². The second kappa shape index (κ2) is 21.0. The first kappa shape index (κ1) is 42.6. The van der Waals surface area contributed by atoms with Crippen LogP contribution in [0.3, 0.4) is 0 Å². The van der Waals surface area contributed by atoms with Gasteiger partial charge in [-0.3, -0.25) is 14.4 Å². The van der Waals surface area contributed by atoms with Crippen molar-refractivity contribution in [2.75, 3.05) is 0 Å². The highest BCUT2D eigenvalue weighted by atomic mass is 19.4. The number of ketones is 1.